The summed E-state index contributed by atoms with van der Waals surface area (Å²) in [5, 5.41) is 5.54. The Hall–Kier alpha value is -1.35. The molecule has 0 N–H and O–H groups in total. The molecule has 1 aromatic heterocycles. The van der Waals surface area contributed by atoms with Gasteiger partial charge in [-0.25, -0.2) is 4.68 Å². The first-order valence-electron chi connectivity index (χ1n) is 3.94. The van der Waals surface area contributed by atoms with E-state index in [1.807, 2.05) is 41.2 Å². The van der Waals surface area contributed by atoms with Gasteiger partial charge in [0.25, 0.3) is 0 Å². The maximum Gasteiger partial charge on any atom is 0.0647 e. The third kappa shape index (κ3) is 1.31. The van der Waals surface area contributed by atoms with Crippen LogP contribution in [0.2, 0.25) is 0 Å². The minimum absolute atomic E-state index is 1.01. The topological polar surface area (TPSA) is 17.8 Å². The zero-order valence-corrected chi connectivity index (χ0v) is 8.94. The van der Waals surface area contributed by atoms with Crippen molar-refractivity contribution in [1.29, 1.82) is 0 Å². The lowest BCUT2D eigenvalue weighted by molar-refractivity contribution is 0.892. The van der Waals surface area contributed by atoms with Crippen LogP contribution in [-0.2, 0) is 0 Å². The summed E-state index contributed by atoms with van der Waals surface area (Å²) < 4.78 is 1.91. The van der Waals surface area contributed by atoms with Crippen molar-refractivity contribution < 1.29 is 0 Å². The summed E-state index contributed by atoms with van der Waals surface area (Å²) in [6.07, 6.45) is 2.00. The van der Waals surface area contributed by atoms with Crippen molar-refractivity contribution >= 4 is 15.6 Å². The Bertz CT molecular complexity index is 367. The second-order valence-electron chi connectivity index (χ2n) is 2.74. The molecule has 1 heterocycles. The Kier molecular flexibility index (Phi) is 1.79. The Morgan fingerprint density at radius 2 is 1.83 bits per heavy atom. The highest BCUT2D eigenvalue weighted by molar-refractivity contribution is 6.30. The first kappa shape index (κ1) is 7.30. The van der Waals surface area contributed by atoms with Crippen LogP contribution in [0.1, 0.15) is 0 Å². The van der Waals surface area contributed by atoms with E-state index < -0.39 is 0 Å². The molecule has 0 aliphatic carbocycles. The third-order valence-electron chi connectivity index (χ3n) is 1.74. The van der Waals surface area contributed by atoms with E-state index in [1.165, 1.54) is 5.32 Å². The van der Waals surface area contributed by atoms with E-state index >= 15 is 0 Å². The Labute approximate surface area is 74.3 Å². The van der Waals surface area contributed by atoms with Gasteiger partial charge in [0.2, 0.25) is 0 Å². The molecule has 60 valence electrons. The van der Waals surface area contributed by atoms with Crippen molar-refractivity contribution in [1.82, 2.24) is 9.78 Å². The summed E-state index contributed by atoms with van der Waals surface area (Å²) in [6.45, 7) is 0. The van der Waals surface area contributed by atoms with Gasteiger partial charge in [0.1, 0.15) is 0 Å². The fourth-order valence-electron chi connectivity index (χ4n) is 1.14. The van der Waals surface area contributed by atoms with Crippen molar-refractivity contribution in [3.8, 4) is 5.69 Å². The molecule has 1 aromatic carbocycles. The summed E-state index contributed by atoms with van der Waals surface area (Å²) in [6, 6.07) is 12.2. The Balaban J connectivity index is 2.45. The average molecular weight is 174 g/mol. The molecule has 0 atom stereocenters. The first-order chi connectivity index (χ1) is 5.86. The molecule has 0 unspecified atom stereocenters. The number of aromatic nitrogens is 2. The average Bonchev–Trinajstić information content (AvgIpc) is 2.54. The van der Waals surface area contributed by atoms with Gasteiger partial charge in [-0.15, -0.1) is 0 Å². The van der Waals surface area contributed by atoms with Crippen molar-refractivity contribution in [2.24, 2.45) is 0 Å². The van der Waals surface area contributed by atoms with Gasteiger partial charge in [-0.05, 0) is 18.2 Å². The second-order valence-corrected chi connectivity index (χ2v) is 3.76. The predicted molar refractivity (Wildman–Crippen MR) is 53.1 cm³/mol. The van der Waals surface area contributed by atoms with Crippen molar-refractivity contribution in [3.05, 3.63) is 42.6 Å². The van der Waals surface area contributed by atoms with E-state index in [0.717, 1.165) is 15.9 Å². The normalized spacial score (nSPS) is 10.3. The van der Waals surface area contributed by atoms with Crippen LogP contribution in [0.5, 0.6) is 0 Å². The Morgan fingerprint density at radius 3 is 2.42 bits per heavy atom. The van der Waals surface area contributed by atoms with Crippen molar-refractivity contribution in [3.63, 3.8) is 0 Å². The van der Waals surface area contributed by atoms with Crippen molar-refractivity contribution in [2.45, 2.75) is 0 Å². The van der Waals surface area contributed by atoms with Crippen LogP contribution in [0, 0.1) is 0 Å². The van der Waals surface area contributed by atoms with Crippen LogP contribution >= 0.6 is 0 Å². The molecule has 3 heteroatoms. The van der Waals surface area contributed by atoms with Gasteiger partial charge >= 0.3 is 0 Å². The molecule has 0 saturated heterocycles. The molecule has 0 amide bonds. The quantitative estimate of drug-likeness (QED) is 0.550. The zero-order valence-electron chi connectivity index (χ0n) is 6.94. The molecule has 12 heavy (non-hydrogen) atoms. The molecule has 2 rings (SSSR count). The lowest BCUT2D eigenvalue weighted by Gasteiger charge is -1.98. The summed E-state index contributed by atoms with van der Waals surface area (Å²) in [5.41, 5.74) is 1.12. The molecule has 0 fully saturated rings. The highest BCUT2D eigenvalue weighted by Gasteiger charge is 1.94. The molecule has 0 spiro atoms. The van der Waals surface area contributed by atoms with E-state index in [0.29, 0.717) is 0 Å². The second kappa shape index (κ2) is 2.95. The number of benzene rings is 1. The van der Waals surface area contributed by atoms with E-state index in [-0.39, 0.29) is 0 Å². The van der Waals surface area contributed by atoms with Crippen LogP contribution in [0.3, 0.4) is 0 Å². The van der Waals surface area contributed by atoms with Crippen LogP contribution in [0.25, 0.3) is 5.69 Å². The Morgan fingerprint density at radius 1 is 1.08 bits per heavy atom. The number of hydrogen-bond donors (Lipinski definition) is 0. The van der Waals surface area contributed by atoms with E-state index in [4.69, 9.17) is 0 Å². The zero-order chi connectivity index (χ0) is 8.39. The monoisotopic (exact) mass is 174 g/mol. The molecule has 0 bridgehead atoms. The largest absolute Gasteiger partial charge is 0.241 e. The fraction of sp³-hybridized carbons (Fsp3) is 0. The summed E-state index contributed by atoms with van der Waals surface area (Å²) >= 11 is 0. The van der Waals surface area contributed by atoms with Crippen LogP contribution in [0.4, 0.5) is 0 Å². The summed E-state index contributed by atoms with van der Waals surface area (Å²) in [7, 11) is 1.01. The molecule has 2 nitrogen and oxygen atoms in total. The number of rotatable bonds is 1. The van der Waals surface area contributed by atoms with Gasteiger partial charge in [0.05, 0.1) is 15.9 Å². The molecule has 0 aliphatic rings. The van der Waals surface area contributed by atoms with Gasteiger partial charge in [0.15, 0.2) is 0 Å². The predicted octanol–water partition coefficient (Wildman–Crippen LogP) is -0.137. The smallest absolute Gasteiger partial charge is 0.0647 e. The minimum Gasteiger partial charge on any atom is -0.241 e. The first-order valence-corrected chi connectivity index (χ1v) is 4.94. The van der Waals surface area contributed by atoms with Crippen LogP contribution in [0.15, 0.2) is 42.6 Å². The van der Waals surface area contributed by atoms with E-state index in [9.17, 15) is 0 Å². The van der Waals surface area contributed by atoms with E-state index in [2.05, 4.69) is 11.2 Å². The molecule has 0 aliphatic heterocycles. The third-order valence-corrected chi connectivity index (χ3v) is 2.28. The lowest BCUT2D eigenvalue weighted by atomic mass is 10.3. The number of nitrogens with zero attached hydrogens (tertiary/aromatic N) is 2. The molecular weight excluding hydrogens is 164 g/mol. The molecule has 0 radical (unpaired) electrons. The van der Waals surface area contributed by atoms with Crippen LogP contribution in [-0.4, -0.2) is 20.0 Å². The maximum absolute atomic E-state index is 4.36. The fourth-order valence-corrected chi connectivity index (χ4v) is 1.50. The summed E-state index contributed by atoms with van der Waals surface area (Å²) in [5.74, 6) is 0. The van der Waals surface area contributed by atoms with E-state index in [1.54, 1.807) is 0 Å². The van der Waals surface area contributed by atoms with Gasteiger partial charge in [-0.1, -0.05) is 18.2 Å². The highest BCUT2D eigenvalue weighted by Crippen LogP contribution is 2.02. The summed E-state index contributed by atoms with van der Waals surface area (Å²) in [4.78, 5) is 0. The van der Waals surface area contributed by atoms with Gasteiger partial charge in [-0.2, -0.15) is 5.10 Å². The SMILES string of the molecule is [SiH3]c1ccn(-c2ccccc2)n1. The standard InChI is InChI=1S/C9H10N2Si/c12-9-6-7-11(10-9)8-4-2-1-3-5-8/h1-7H,12H3. The molecule has 0 saturated carbocycles. The van der Waals surface area contributed by atoms with Crippen molar-refractivity contribution in [2.75, 3.05) is 0 Å². The van der Waals surface area contributed by atoms with Gasteiger partial charge in [-0.3, -0.25) is 0 Å². The molecule has 2 aromatic rings. The maximum atomic E-state index is 4.36. The lowest BCUT2D eigenvalue weighted by Crippen LogP contribution is -2.05. The minimum atomic E-state index is 1.01. The van der Waals surface area contributed by atoms with Gasteiger partial charge < -0.3 is 0 Å². The number of hydrogen-bond acceptors (Lipinski definition) is 1. The number of para-hydroxylation sites is 1. The highest BCUT2D eigenvalue weighted by atomic mass is 28.1. The molecular formula is C9H10N2Si. The van der Waals surface area contributed by atoms with Gasteiger partial charge in [0, 0.05) is 11.5 Å². The van der Waals surface area contributed by atoms with Crippen LogP contribution < -0.4 is 5.32 Å².